The zero-order chi connectivity index (χ0) is 27.9. The molecule has 0 unspecified atom stereocenters. The fourth-order valence-electron chi connectivity index (χ4n) is 3.46. The Balaban J connectivity index is 1.70. The second-order valence-corrected chi connectivity index (χ2v) is 9.88. The van der Waals surface area contributed by atoms with Gasteiger partial charge in [-0.3, -0.25) is 9.10 Å². The number of nitrogens with zero attached hydrogens (tertiary/aromatic N) is 1. The number of nitrogens with one attached hydrogen (secondary N) is 1. The second-order valence-electron chi connectivity index (χ2n) is 7.97. The molecule has 0 aliphatic carbocycles. The van der Waals surface area contributed by atoms with Crippen LogP contribution in [0.3, 0.4) is 0 Å². The van der Waals surface area contributed by atoms with Gasteiger partial charge in [-0.05, 0) is 42.0 Å². The van der Waals surface area contributed by atoms with Gasteiger partial charge in [-0.2, -0.15) is 0 Å². The number of carbonyl (C=O) groups excluding carboxylic acids is 2. The Morgan fingerprint density at radius 3 is 2.08 bits per heavy atom. The normalized spacial score (nSPS) is 10.9. The molecule has 0 atom stereocenters. The van der Waals surface area contributed by atoms with Gasteiger partial charge in [0.2, 0.25) is 10.0 Å². The summed E-state index contributed by atoms with van der Waals surface area (Å²) in [6.45, 7) is -0.394. The van der Waals surface area contributed by atoms with Crippen LogP contribution in [0.4, 0.5) is 15.8 Å². The van der Waals surface area contributed by atoms with E-state index in [1.54, 1.807) is 0 Å². The van der Waals surface area contributed by atoms with E-state index >= 15 is 0 Å². The first-order valence-corrected chi connectivity index (χ1v) is 13.0. The van der Waals surface area contributed by atoms with Crippen LogP contribution in [0.1, 0.15) is 15.9 Å². The van der Waals surface area contributed by atoms with E-state index in [1.807, 2.05) is 0 Å². The fourth-order valence-corrected chi connectivity index (χ4v) is 4.35. The van der Waals surface area contributed by atoms with Gasteiger partial charge in [0.1, 0.15) is 11.6 Å². The molecule has 0 heterocycles. The van der Waals surface area contributed by atoms with E-state index in [9.17, 15) is 22.4 Å². The van der Waals surface area contributed by atoms with Gasteiger partial charge in [-0.1, -0.05) is 12.1 Å². The van der Waals surface area contributed by atoms with Gasteiger partial charge >= 0.3 is 5.97 Å². The predicted molar refractivity (Wildman–Crippen MR) is 139 cm³/mol. The maximum absolute atomic E-state index is 13.2. The van der Waals surface area contributed by atoms with Crippen molar-refractivity contribution in [1.29, 1.82) is 0 Å². The third-order valence-electron chi connectivity index (χ3n) is 5.34. The molecule has 0 radical (unpaired) electrons. The molecule has 0 saturated heterocycles. The molecule has 0 aromatic heterocycles. The van der Waals surface area contributed by atoms with Crippen LogP contribution in [0.5, 0.6) is 17.2 Å². The number of hydrogen-bond acceptors (Lipinski definition) is 8. The van der Waals surface area contributed by atoms with Crippen molar-refractivity contribution in [2.24, 2.45) is 0 Å². The molecule has 3 aromatic carbocycles. The Bertz CT molecular complexity index is 1390. The minimum atomic E-state index is -3.65. The first kappa shape index (κ1) is 28.3. The topological polar surface area (TPSA) is 120 Å². The first-order chi connectivity index (χ1) is 18.0. The van der Waals surface area contributed by atoms with Gasteiger partial charge in [0, 0.05) is 12.1 Å². The molecule has 12 heteroatoms. The number of sulfonamides is 1. The monoisotopic (exact) mass is 546 g/mol. The summed E-state index contributed by atoms with van der Waals surface area (Å²) in [6, 6.07) is 14.4. The highest BCUT2D eigenvalue weighted by Gasteiger charge is 2.20. The number of halogens is 1. The lowest BCUT2D eigenvalue weighted by atomic mass is 10.1. The molecule has 0 aliphatic heterocycles. The number of carbonyl (C=O) groups is 2. The molecule has 0 aliphatic rings. The molecule has 3 aromatic rings. The number of anilines is 2. The molecule has 0 spiro atoms. The first-order valence-electron chi connectivity index (χ1n) is 11.1. The van der Waals surface area contributed by atoms with Gasteiger partial charge < -0.3 is 24.3 Å². The maximum atomic E-state index is 13.2. The summed E-state index contributed by atoms with van der Waals surface area (Å²) >= 11 is 0. The zero-order valence-corrected chi connectivity index (χ0v) is 22.0. The smallest absolute Gasteiger partial charge is 0.340 e. The number of rotatable bonds is 11. The van der Waals surface area contributed by atoms with Gasteiger partial charge in [0.25, 0.3) is 5.91 Å². The number of hydrogen-bond donors (Lipinski definition) is 1. The van der Waals surface area contributed by atoms with Crippen LogP contribution < -0.4 is 23.8 Å². The van der Waals surface area contributed by atoms with Crippen molar-refractivity contribution in [3.63, 3.8) is 0 Å². The van der Waals surface area contributed by atoms with E-state index < -0.39 is 34.3 Å². The standard InChI is InChI=1S/C26H27FN2O8S/c1-34-23-13-21(26(31)36-3)22(14-24(23)35-2)28-25(30)16-37-20-11-9-19(10-12-20)29(38(4,32)33)15-17-5-7-18(27)8-6-17/h5-14H,15-16H2,1-4H3,(H,28,30). The summed E-state index contributed by atoms with van der Waals surface area (Å²) in [5.41, 5.74) is 1.17. The van der Waals surface area contributed by atoms with Crippen LogP contribution in [-0.4, -0.2) is 54.5 Å². The summed E-state index contributed by atoms with van der Waals surface area (Å²) in [7, 11) is 0.391. The molecule has 10 nitrogen and oxygen atoms in total. The lowest BCUT2D eigenvalue weighted by Crippen LogP contribution is -2.29. The average molecular weight is 547 g/mol. The van der Waals surface area contributed by atoms with Gasteiger partial charge in [-0.15, -0.1) is 0 Å². The summed E-state index contributed by atoms with van der Waals surface area (Å²) < 4.78 is 59.9. The fraction of sp³-hybridized carbons (Fsp3) is 0.231. The number of ether oxygens (including phenoxy) is 4. The second kappa shape index (κ2) is 12.3. The Morgan fingerprint density at radius 1 is 0.921 bits per heavy atom. The number of benzene rings is 3. The Kier molecular flexibility index (Phi) is 9.13. The molecule has 202 valence electrons. The van der Waals surface area contributed by atoms with Crippen LogP contribution in [0.15, 0.2) is 60.7 Å². The van der Waals surface area contributed by atoms with Crippen molar-refractivity contribution < 1.29 is 41.3 Å². The molecule has 0 bridgehead atoms. The van der Waals surface area contributed by atoms with Crippen LogP contribution in [0, 0.1) is 5.82 Å². The summed E-state index contributed by atoms with van der Waals surface area (Å²) in [5, 5.41) is 2.59. The maximum Gasteiger partial charge on any atom is 0.340 e. The Hall–Kier alpha value is -4.32. The molecule has 0 saturated carbocycles. The third kappa shape index (κ3) is 7.13. The molecule has 1 N–H and O–H groups in total. The molecular formula is C26H27FN2O8S. The Labute approximate surface area is 219 Å². The molecule has 3 rings (SSSR count). The zero-order valence-electron chi connectivity index (χ0n) is 21.2. The van der Waals surface area contributed by atoms with Crippen LogP contribution >= 0.6 is 0 Å². The number of esters is 1. The summed E-state index contributed by atoms with van der Waals surface area (Å²) in [6.07, 6.45) is 1.07. The van der Waals surface area contributed by atoms with E-state index in [0.29, 0.717) is 22.7 Å². The van der Waals surface area contributed by atoms with E-state index in [0.717, 1.165) is 6.26 Å². The van der Waals surface area contributed by atoms with Crippen LogP contribution in [-0.2, 0) is 26.1 Å². The van der Waals surface area contributed by atoms with Gasteiger partial charge in [-0.25, -0.2) is 17.6 Å². The number of amides is 1. The van der Waals surface area contributed by atoms with E-state index in [2.05, 4.69) is 5.32 Å². The Morgan fingerprint density at radius 2 is 1.53 bits per heavy atom. The van der Waals surface area contributed by atoms with Crippen LogP contribution in [0.2, 0.25) is 0 Å². The van der Waals surface area contributed by atoms with Crippen molar-refractivity contribution in [3.8, 4) is 17.2 Å². The third-order valence-corrected chi connectivity index (χ3v) is 6.48. The van der Waals surface area contributed by atoms with Gasteiger partial charge in [0.05, 0.1) is 51.1 Å². The lowest BCUT2D eigenvalue weighted by Gasteiger charge is -2.23. The van der Waals surface area contributed by atoms with Crippen molar-refractivity contribution in [2.45, 2.75) is 6.54 Å². The summed E-state index contributed by atoms with van der Waals surface area (Å²) in [4.78, 5) is 24.7. The van der Waals surface area contributed by atoms with Crippen molar-refractivity contribution in [2.75, 3.05) is 43.8 Å². The SMILES string of the molecule is COC(=O)c1cc(OC)c(OC)cc1NC(=O)COc1ccc(N(Cc2ccc(F)cc2)S(C)(=O)=O)cc1. The van der Waals surface area contributed by atoms with Crippen molar-refractivity contribution in [3.05, 3.63) is 77.6 Å². The molecule has 0 fully saturated rings. The highest BCUT2D eigenvalue weighted by molar-refractivity contribution is 7.92. The number of methoxy groups -OCH3 is 3. The molecule has 1 amide bonds. The molecule has 38 heavy (non-hydrogen) atoms. The van der Waals surface area contributed by atoms with E-state index in [4.69, 9.17) is 18.9 Å². The summed E-state index contributed by atoms with van der Waals surface area (Å²) in [5.74, 6) is -0.792. The highest BCUT2D eigenvalue weighted by atomic mass is 32.2. The van der Waals surface area contributed by atoms with Gasteiger partial charge in [0.15, 0.2) is 18.1 Å². The van der Waals surface area contributed by atoms with Crippen molar-refractivity contribution >= 4 is 33.3 Å². The van der Waals surface area contributed by atoms with Crippen molar-refractivity contribution in [1.82, 2.24) is 0 Å². The minimum absolute atomic E-state index is 0.00950. The lowest BCUT2D eigenvalue weighted by molar-refractivity contribution is -0.118. The average Bonchev–Trinajstić information content (AvgIpc) is 2.90. The van der Waals surface area contributed by atoms with E-state index in [-0.39, 0.29) is 23.5 Å². The minimum Gasteiger partial charge on any atom is -0.493 e. The largest absolute Gasteiger partial charge is 0.493 e. The molecular weight excluding hydrogens is 519 g/mol. The quantitative estimate of drug-likeness (QED) is 0.362. The van der Waals surface area contributed by atoms with Crippen LogP contribution in [0.25, 0.3) is 0 Å². The predicted octanol–water partition coefficient (Wildman–Crippen LogP) is 3.61. The highest BCUT2D eigenvalue weighted by Crippen LogP contribution is 2.34. The van der Waals surface area contributed by atoms with E-state index in [1.165, 1.54) is 86.3 Å².